The normalized spacial score (nSPS) is 14.1. The Labute approximate surface area is 259 Å². The molecule has 12 heteroatoms. The molecule has 3 atom stereocenters. The maximum atomic E-state index is 12.4. The monoisotopic (exact) mass is 637 g/mol. The molecule has 11 nitrogen and oxygen atoms in total. The summed E-state index contributed by atoms with van der Waals surface area (Å²) in [6.07, 6.45) is 21.1. The van der Waals surface area contributed by atoms with Gasteiger partial charge in [0.25, 0.3) is 0 Å². The third-order valence-corrected chi connectivity index (χ3v) is 8.06. The molecule has 4 N–H and O–H groups in total. The lowest BCUT2D eigenvalue weighted by Gasteiger charge is -2.20. The van der Waals surface area contributed by atoms with Crippen LogP contribution in [0.5, 0.6) is 0 Å². The van der Waals surface area contributed by atoms with Crippen molar-refractivity contribution >= 4 is 25.7 Å². The molecule has 0 fully saturated rings. The van der Waals surface area contributed by atoms with Crippen LogP contribution in [0.3, 0.4) is 0 Å². The van der Waals surface area contributed by atoms with Crippen molar-refractivity contribution in [2.45, 2.75) is 161 Å². The van der Waals surface area contributed by atoms with Crippen molar-refractivity contribution in [3.05, 3.63) is 0 Å². The molecule has 0 spiro atoms. The fourth-order valence-electron chi connectivity index (χ4n) is 4.42. The van der Waals surface area contributed by atoms with E-state index in [0.717, 1.165) is 38.5 Å². The molecule has 0 aliphatic rings. The van der Waals surface area contributed by atoms with Crippen LogP contribution in [0.2, 0.25) is 0 Å². The molecular weight excluding hydrogens is 577 g/mol. The summed E-state index contributed by atoms with van der Waals surface area (Å²) in [5.74, 6) is -2.39. The smallest absolute Gasteiger partial charge is 0.472 e. The van der Waals surface area contributed by atoms with Gasteiger partial charge in [-0.05, 0) is 12.8 Å². The molecule has 0 aromatic heterocycles. The van der Waals surface area contributed by atoms with Gasteiger partial charge in [0.15, 0.2) is 6.10 Å². The maximum absolute atomic E-state index is 12.4. The molecule has 0 amide bonds. The van der Waals surface area contributed by atoms with Gasteiger partial charge in [0.1, 0.15) is 12.6 Å². The molecule has 0 bridgehead atoms. The van der Waals surface area contributed by atoms with Gasteiger partial charge in [0.2, 0.25) is 0 Å². The minimum Gasteiger partial charge on any atom is -0.480 e. The van der Waals surface area contributed by atoms with Crippen molar-refractivity contribution in [3.8, 4) is 0 Å². The Morgan fingerprint density at radius 1 is 0.628 bits per heavy atom. The lowest BCUT2D eigenvalue weighted by Crippen LogP contribution is -2.34. The van der Waals surface area contributed by atoms with Gasteiger partial charge in [-0.2, -0.15) is 0 Å². The molecule has 3 unspecified atom stereocenters. The van der Waals surface area contributed by atoms with Gasteiger partial charge in [0.05, 0.1) is 13.2 Å². The van der Waals surface area contributed by atoms with Gasteiger partial charge >= 0.3 is 25.7 Å². The minimum absolute atomic E-state index is 0.167. The largest absolute Gasteiger partial charge is 0.480 e. The second kappa shape index (κ2) is 28.0. The van der Waals surface area contributed by atoms with Crippen molar-refractivity contribution in [1.29, 1.82) is 0 Å². The van der Waals surface area contributed by atoms with Crippen LogP contribution in [-0.4, -0.2) is 59.9 Å². The number of phosphoric acid groups is 1. The van der Waals surface area contributed by atoms with Crippen molar-refractivity contribution in [2.24, 2.45) is 5.73 Å². The third kappa shape index (κ3) is 27.7. The Morgan fingerprint density at radius 3 is 1.49 bits per heavy atom. The second-order valence-electron chi connectivity index (χ2n) is 11.3. The van der Waals surface area contributed by atoms with Gasteiger partial charge in [-0.3, -0.25) is 23.4 Å². The van der Waals surface area contributed by atoms with Crippen LogP contribution in [0.25, 0.3) is 0 Å². The van der Waals surface area contributed by atoms with Crippen molar-refractivity contribution in [3.63, 3.8) is 0 Å². The van der Waals surface area contributed by atoms with E-state index in [-0.39, 0.29) is 19.4 Å². The second-order valence-corrected chi connectivity index (χ2v) is 12.8. The number of carboxylic acids is 1. The standard InChI is InChI=1S/C31H60NO10P/c1-3-5-7-9-10-11-12-13-14-15-16-17-18-19-21-23-30(34)42-27(24-39-29(33)22-20-8-6-4-2)25-40-43(37,38)41-26-28(32)31(35)36/h27-28H,3-26,32H2,1-2H3,(H,35,36)(H,37,38). The highest BCUT2D eigenvalue weighted by Crippen LogP contribution is 2.43. The fraction of sp³-hybridized carbons (Fsp3) is 0.903. The topological polar surface area (TPSA) is 172 Å². The lowest BCUT2D eigenvalue weighted by molar-refractivity contribution is -0.161. The average molecular weight is 638 g/mol. The molecule has 0 saturated heterocycles. The van der Waals surface area contributed by atoms with Crippen LogP contribution >= 0.6 is 7.82 Å². The summed E-state index contributed by atoms with van der Waals surface area (Å²) < 4.78 is 32.2. The zero-order chi connectivity index (χ0) is 32.2. The Bertz CT molecular complexity index is 767. The summed E-state index contributed by atoms with van der Waals surface area (Å²) in [4.78, 5) is 45.1. The quantitative estimate of drug-likeness (QED) is 0.0398. The van der Waals surface area contributed by atoms with Crippen LogP contribution in [0.4, 0.5) is 0 Å². The van der Waals surface area contributed by atoms with Gasteiger partial charge in [-0.25, -0.2) is 4.57 Å². The first-order chi connectivity index (χ1) is 20.6. The van der Waals surface area contributed by atoms with E-state index < -0.39 is 51.1 Å². The highest BCUT2D eigenvalue weighted by atomic mass is 31.2. The number of nitrogens with two attached hydrogens (primary N) is 1. The highest BCUT2D eigenvalue weighted by molar-refractivity contribution is 7.47. The summed E-state index contributed by atoms with van der Waals surface area (Å²) in [6, 6.07) is -1.51. The first-order valence-electron chi connectivity index (χ1n) is 16.6. The zero-order valence-corrected chi connectivity index (χ0v) is 27.7. The molecule has 254 valence electrons. The molecule has 0 aromatic carbocycles. The van der Waals surface area contributed by atoms with Gasteiger partial charge in [0, 0.05) is 12.8 Å². The molecule has 0 aromatic rings. The predicted octanol–water partition coefficient (Wildman–Crippen LogP) is 7.22. The number of ether oxygens (including phenoxy) is 2. The highest BCUT2D eigenvalue weighted by Gasteiger charge is 2.28. The number of aliphatic carboxylic acids is 1. The van der Waals surface area contributed by atoms with Gasteiger partial charge < -0.3 is 25.2 Å². The molecule has 0 aliphatic heterocycles. The summed E-state index contributed by atoms with van der Waals surface area (Å²) in [5.41, 5.74) is 5.28. The Hall–Kier alpha value is -1.52. The molecule has 0 rings (SSSR count). The summed E-state index contributed by atoms with van der Waals surface area (Å²) in [6.45, 7) is 2.64. The fourth-order valence-corrected chi connectivity index (χ4v) is 5.19. The van der Waals surface area contributed by atoms with Crippen LogP contribution in [-0.2, 0) is 37.5 Å². The summed E-state index contributed by atoms with van der Waals surface area (Å²) in [5, 5.41) is 8.79. The molecule has 0 saturated carbocycles. The average Bonchev–Trinajstić information content (AvgIpc) is 2.97. The van der Waals surface area contributed by atoms with E-state index in [4.69, 9.17) is 24.8 Å². The van der Waals surface area contributed by atoms with E-state index in [9.17, 15) is 23.8 Å². The molecule has 0 radical (unpaired) electrons. The molecule has 43 heavy (non-hydrogen) atoms. The van der Waals surface area contributed by atoms with E-state index in [1.807, 2.05) is 0 Å². The SMILES string of the molecule is CCCCCCCCCCCCCCCCCC(=O)OC(COC(=O)CCCCCC)COP(=O)(O)OCC(N)C(=O)O. The third-order valence-electron chi connectivity index (χ3n) is 7.11. The molecular formula is C31H60NO10P. The number of hydrogen-bond donors (Lipinski definition) is 3. The van der Waals surface area contributed by atoms with E-state index in [2.05, 4.69) is 18.4 Å². The number of esters is 2. The van der Waals surface area contributed by atoms with Crippen LogP contribution < -0.4 is 5.73 Å². The maximum Gasteiger partial charge on any atom is 0.472 e. The number of unbranched alkanes of at least 4 members (excludes halogenated alkanes) is 17. The van der Waals surface area contributed by atoms with E-state index in [1.54, 1.807) is 0 Å². The number of hydrogen-bond acceptors (Lipinski definition) is 9. The van der Waals surface area contributed by atoms with Crippen molar-refractivity contribution < 1.29 is 47.5 Å². The first kappa shape index (κ1) is 41.5. The van der Waals surface area contributed by atoms with Crippen molar-refractivity contribution in [1.82, 2.24) is 0 Å². The van der Waals surface area contributed by atoms with E-state index in [1.165, 1.54) is 70.6 Å². The summed E-state index contributed by atoms with van der Waals surface area (Å²) >= 11 is 0. The number of rotatable bonds is 31. The first-order valence-corrected chi connectivity index (χ1v) is 18.1. The Morgan fingerprint density at radius 2 is 1.02 bits per heavy atom. The van der Waals surface area contributed by atoms with Gasteiger partial charge in [-0.1, -0.05) is 123 Å². The number of carbonyl (C=O) groups is 3. The minimum atomic E-state index is -4.68. The van der Waals surface area contributed by atoms with E-state index >= 15 is 0 Å². The van der Waals surface area contributed by atoms with Gasteiger partial charge in [-0.15, -0.1) is 0 Å². The predicted molar refractivity (Wildman–Crippen MR) is 166 cm³/mol. The molecule has 0 heterocycles. The lowest BCUT2D eigenvalue weighted by atomic mass is 10.0. The number of phosphoric ester groups is 1. The van der Waals surface area contributed by atoms with E-state index in [0.29, 0.717) is 12.8 Å². The summed E-state index contributed by atoms with van der Waals surface area (Å²) in [7, 11) is -4.68. The zero-order valence-electron chi connectivity index (χ0n) is 26.8. The Kier molecular flexibility index (Phi) is 27.0. The van der Waals surface area contributed by atoms with Crippen molar-refractivity contribution in [2.75, 3.05) is 19.8 Å². The van der Waals surface area contributed by atoms with Crippen LogP contribution in [0, 0.1) is 0 Å². The Balaban J connectivity index is 4.32. The van der Waals surface area contributed by atoms with Crippen LogP contribution in [0.1, 0.15) is 149 Å². The van der Waals surface area contributed by atoms with Crippen LogP contribution in [0.15, 0.2) is 0 Å². The number of carboxylic acid groups (broad SMARTS) is 1. The number of carbonyl (C=O) groups excluding carboxylic acids is 2. The molecule has 0 aliphatic carbocycles.